The van der Waals surface area contributed by atoms with Crippen LogP contribution in [0.15, 0.2) is 65.6 Å². The monoisotopic (exact) mass is 491 g/mol. The Balaban J connectivity index is 0.000000242. The molecule has 7 nitrogen and oxygen atoms in total. The van der Waals surface area contributed by atoms with Crippen molar-refractivity contribution < 1.29 is 18.8 Å². The Morgan fingerprint density at radius 2 is 1.42 bits per heavy atom. The highest BCUT2D eigenvalue weighted by atomic mass is 16.5. The number of ether oxygens (including phenoxy) is 2. The van der Waals surface area contributed by atoms with Crippen molar-refractivity contribution in [1.82, 2.24) is 14.3 Å². The number of rotatable bonds is 6. The van der Waals surface area contributed by atoms with E-state index in [0.29, 0.717) is 0 Å². The molecule has 0 fully saturated rings. The fourth-order valence-electron chi connectivity index (χ4n) is 4.15. The highest BCUT2D eigenvalue weighted by Gasteiger charge is 2.13. The summed E-state index contributed by atoms with van der Waals surface area (Å²) in [5, 5.41) is 5.91. The normalized spacial score (nSPS) is 10.2. The molecule has 0 bridgehead atoms. The Morgan fingerprint density at radius 3 is 1.92 bits per heavy atom. The van der Waals surface area contributed by atoms with Gasteiger partial charge in [0.15, 0.2) is 11.5 Å². The van der Waals surface area contributed by atoms with Crippen LogP contribution in [-0.2, 0) is 13.1 Å². The Kier molecular flexibility index (Phi) is 9.50. The molecule has 192 valence electrons. The SMILES string of the molecule is C.C.CCn1cc(-c2ccno2)c2ccc(OC)cc21.CCn1cc(C(C)=O)c2ccc(OC)cc21. The summed E-state index contributed by atoms with van der Waals surface area (Å²) >= 11 is 0. The lowest BCUT2D eigenvalue weighted by atomic mass is 10.1. The number of hydrogen-bond donors (Lipinski definition) is 0. The van der Waals surface area contributed by atoms with E-state index < -0.39 is 0 Å². The average Bonchev–Trinajstić information content (AvgIpc) is 3.60. The molecule has 0 unspecified atom stereocenters. The van der Waals surface area contributed by atoms with Crippen LogP contribution in [0.1, 0.15) is 46.0 Å². The third-order valence-corrected chi connectivity index (χ3v) is 5.94. The van der Waals surface area contributed by atoms with Gasteiger partial charge in [0.2, 0.25) is 0 Å². The summed E-state index contributed by atoms with van der Waals surface area (Å²) in [7, 11) is 3.32. The van der Waals surface area contributed by atoms with E-state index in [2.05, 4.69) is 40.4 Å². The summed E-state index contributed by atoms with van der Waals surface area (Å²) in [5.74, 6) is 2.56. The summed E-state index contributed by atoms with van der Waals surface area (Å²) in [6.07, 6.45) is 5.66. The third-order valence-electron chi connectivity index (χ3n) is 5.94. The van der Waals surface area contributed by atoms with E-state index in [4.69, 9.17) is 14.0 Å². The smallest absolute Gasteiger partial charge is 0.168 e. The Bertz CT molecular complexity index is 1430. The molecule has 2 aromatic carbocycles. The summed E-state index contributed by atoms with van der Waals surface area (Å²) in [6.45, 7) is 7.51. The van der Waals surface area contributed by atoms with Crippen molar-refractivity contribution in [3.05, 3.63) is 66.6 Å². The van der Waals surface area contributed by atoms with Crippen LogP contribution in [0.5, 0.6) is 11.5 Å². The molecule has 3 heterocycles. The van der Waals surface area contributed by atoms with E-state index in [0.717, 1.165) is 63.3 Å². The molecule has 0 spiro atoms. The van der Waals surface area contributed by atoms with Crippen molar-refractivity contribution in [2.45, 2.75) is 48.7 Å². The fourth-order valence-corrected chi connectivity index (χ4v) is 4.15. The minimum absolute atomic E-state index is 0. The van der Waals surface area contributed by atoms with Crippen molar-refractivity contribution in [2.24, 2.45) is 0 Å². The first-order valence-electron chi connectivity index (χ1n) is 11.3. The van der Waals surface area contributed by atoms with Gasteiger partial charge in [-0.15, -0.1) is 0 Å². The van der Waals surface area contributed by atoms with Crippen molar-refractivity contribution in [3.8, 4) is 22.8 Å². The number of carbonyl (C=O) groups is 1. The molecule has 36 heavy (non-hydrogen) atoms. The van der Waals surface area contributed by atoms with Gasteiger partial charge in [-0.3, -0.25) is 4.79 Å². The molecule has 0 aliphatic rings. The van der Waals surface area contributed by atoms with Gasteiger partial charge in [-0.1, -0.05) is 20.0 Å². The highest BCUT2D eigenvalue weighted by Crippen LogP contribution is 2.32. The van der Waals surface area contributed by atoms with E-state index in [9.17, 15) is 4.79 Å². The van der Waals surface area contributed by atoms with E-state index >= 15 is 0 Å². The molecule has 0 aliphatic carbocycles. The van der Waals surface area contributed by atoms with E-state index in [1.807, 2.05) is 42.6 Å². The van der Waals surface area contributed by atoms with Crippen molar-refractivity contribution >= 4 is 27.6 Å². The number of ketones is 1. The van der Waals surface area contributed by atoms with E-state index in [-0.39, 0.29) is 20.6 Å². The number of aryl methyl sites for hydroxylation is 2. The molecule has 0 atom stereocenters. The molecule has 3 aromatic heterocycles. The number of hydrogen-bond acceptors (Lipinski definition) is 5. The summed E-state index contributed by atoms with van der Waals surface area (Å²) in [6, 6.07) is 13.7. The Hall–Kier alpha value is -4.00. The molecule has 5 aromatic rings. The largest absolute Gasteiger partial charge is 0.497 e. The number of aromatic nitrogens is 3. The molecular weight excluding hydrogens is 454 g/mol. The minimum atomic E-state index is 0. The topological polar surface area (TPSA) is 71.4 Å². The molecule has 0 radical (unpaired) electrons. The zero-order valence-corrected chi connectivity index (χ0v) is 20.2. The van der Waals surface area contributed by atoms with Gasteiger partial charge >= 0.3 is 0 Å². The van der Waals surface area contributed by atoms with Crippen molar-refractivity contribution in [3.63, 3.8) is 0 Å². The maximum absolute atomic E-state index is 11.5. The number of Topliss-reactive ketones (excluding diaryl/α,β-unsaturated/α-hetero) is 1. The molecule has 0 saturated carbocycles. The van der Waals surface area contributed by atoms with E-state index in [1.54, 1.807) is 27.3 Å². The van der Waals surface area contributed by atoms with Crippen molar-refractivity contribution in [2.75, 3.05) is 14.2 Å². The van der Waals surface area contributed by atoms with Gasteiger partial charge in [0, 0.05) is 65.6 Å². The average molecular weight is 492 g/mol. The first-order chi connectivity index (χ1) is 16.5. The van der Waals surface area contributed by atoms with Crippen LogP contribution in [0.25, 0.3) is 33.1 Å². The van der Waals surface area contributed by atoms with Gasteiger partial charge in [-0.05, 0) is 45.0 Å². The molecule has 0 aliphatic heterocycles. The number of nitrogens with zero attached hydrogens (tertiary/aromatic N) is 3. The molecule has 5 rings (SSSR count). The molecular formula is C29H37N3O4. The predicted molar refractivity (Wildman–Crippen MR) is 147 cm³/mol. The number of methoxy groups -OCH3 is 2. The lowest BCUT2D eigenvalue weighted by Crippen LogP contribution is -1.92. The lowest BCUT2D eigenvalue weighted by Gasteiger charge is -2.03. The second kappa shape index (κ2) is 12.1. The summed E-state index contributed by atoms with van der Waals surface area (Å²) < 4.78 is 20.0. The standard InChI is InChI=1S/C14H14N2O2.C13H15NO2.2CH4/c1-3-16-9-12(14-6-7-15-18-14)11-5-4-10(17-2)8-13(11)16;1-4-14-8-12(9(2)15)11-6-5-10(16-3)7-13(11)14;;/h4-9H,3H2,1-2H3;5-8H,4H2,1-3H3;2*1H4. The second-order valence-electron chi connectivity index (χ2n) is 7.86. The van der Waals surface area contributed by atoms with Gasteiger partial charge in [0.1, 0.15) is 11.5 Å². The number of fused-ring (bicyclic) bond motifs is 2. The van der Waals surface area contributed by atoms with Crippen LogP contribution in [-0.4, -0.2) is 34.3 Å². The molecule has 0 saturated heterocycles. The van der Waals surface area contributed by atoms with Crippen LogP contribution < -0.4 is 9.47 Å². The number of carbonyl (C=O) groups excluding carboxylic acids is 1. The van der Waals surface area contributed by atoms with Gasteiger partial charge < -0.3 is 23.1 Å². The van der Waals surface area contributed by atoms with Crippen LogP contribution >= 0.6 is 0 Å². The van der Waals surface area contributed by atoms with Gasteiger partial charge in [0.05, 0.1) is 31.4 Å². The van der Waals surface area contributed by atoms with Crippen LogP contribution in [0.2, 0.25) is 0 Å². The maximum Gasteiger partial charge on any atom is 0.168 e. The summed E-state index contributed by atoms with van der Waals surface area (Å²) in [5.41, 5.74) is 4.03. The highest BCUT2D eigenvalue weighted by molar-refractivity contribution is 6.07. The molecule has 0 amide bonds. The Morgan fingerprint density at radius 1 is 0.861 bits per heavy atom. The zero-order chi connectivity index (χ0) is 24.2. The predicted octanol–water partition coefficient (Wildman–Crippen LogP) is 7.47. The summed E-state index contributed by atoms with van der Waals surface area (Å²) in [4.78, 5) is 11.5. The zero-order valence-electron chi connectivity index (χ0n) is 20.2. The first-order valence-corrected chi connectivity index (χ1v) is 11.3. The van der Waals surface area contributed by atoms with Crippen LogP contribution in [0, 0.1) is 0 Å². The Labute approximate surface area is 213 Å². The quantitative estimate of drug-likeness (QED) is 0.230. The minimum Gasteiger partial charge on any atom is -0.497 e. The fraction of sp³-hybridized carbons (Fsp3) is 0.310. The van der Waals surface area contributed by atoms with Crippen LogP contribution in [0.4, 0.5) is 0 Å². The molecule has 0 N–H and O–H groups in total. The lowest BCUT2D eigenvalue weighted by molar-refractivity contribution is 0.101. The first kappa shape index (κ1) is 28.2. The second-order valence-corrected chi connectivity index (χ2v) is 7.86. The maximum atomic E-state index is 11.5. The number of benzene rings is 2. The third kappa shape index (κ3) is 5.30. The van der Waals surface area contributed by atoms with Gasteiger partial charge in [0.25, 0.3) is 0 Å². The van der Waals surface area contributed by atoms with Crippen LogP contribution in [0.3, 0.4) is 0 Å². The van der Waals surface area contributed by atoms with Gasteiger partial charge in [-0.25, -0.2) is 0 Å². The van der Waals surface area contributed by atoms with Gasteiger partial charge in [-0.2, -0.15) is 0 Å². The molecule has 7 heteroatoms. The van der Waals surface area contributed by atoms with E-state index in [1.165, 1.54) is 0 Å². The van der Waals surface area contributed by atoms with Crippen molar-refractivity contribution in [1.29, 1.82) is 0 Å².